The van der Waals surface area contributed by atoms with E-state index in [4.69, 9.17) is 15.8 Å². The van der Waals surface area contributed by atoms with Gasteiger partial charge >= 0.3 is 0 Å². The zero-order chi connectivity index (χ0) is 53.2. The van der Waals surface area contributed by atoms with Crippen LogP contribution in [0.15, 0.2) is 164 Å². The average Bonchev–Trinajstić information content (AvgIpc) is 3.86. The molecule has 1 radical (unpaired) electrons. The molecular weight excluding hydrogens is 1150 g/mol. The molecule has 0 aliphatic carbocycles. The van der Waals surface area contributed by atoms with Gasteiger partial charge in [0.1, 0.15) is 33.1 Å². The number of aromatic nitrogens is 3. The van der Waals surface area contributed by atoms with E-state index in [1.54, 1.807) is 61.5 Å². The third-order valence-electron chi connectivity index (χ3n) is 10.9. The number of rotatable bonds is 18. The Morgan fingerprint density at radius 3 is 1.88 bits per heavy atom. The van der Waals surface area contributed by atoms with Gasteiger partial charge < -0.3 is 10.2 Å². The molecule has 395 valence electrons. The molecule has 1 heterocycles. The van der Waals surface area contributed by atoms with Crippen molar-refractivity contribution in [2.75, 3.05) is 0 Å². The summed E-state index contributed by atoms with van der Waals surface area (Å²) in [6, 6.07) is 27.0. The molecule has 0 saturated heterocycles. The number of nitrogens with zero attached hydrogens (tertiary/aromatic N) is 9. The molecule has 8 aromatic carbocycles. The second-order valence-electron chi connectivity index (χ2n) is 15.6. The number of aryl methyl sites for hydroxylation is 2. The number of aromatic hydroxyl groups is 2. The van der Waals surface area contributed by atoms with Gasteiger partial charge in [-0.2, -0.15) is 42.1 Å². The van der Waals surface area contributed by atoms with Crippen LogP contribution in [-0.2, 0) is 65.4 Å². The summed E-state index contributed by atoms with van der Waals surface area (Å²) >= 11 is 1.93. The first-order valence-electron chi connectivity index (χ1n) is 20.7. The number of fused-ring (bicyclic) bond motifs is 5. The van der Waals surface area contributed by atoms with E-state index in [2.05, 4.69) is 69.0 Å². The van der Waals surface area contributed by atoms with Crippen LogP contribution in [0.2, 0.25) is 0 Å². The molecule has 0 aliphatic heterocycles. The van der Waals surface area contributed by atoms with E-state index in [-0.39, 0.29) is 66.3 Å². The van der Waals surface area contributed by atoms with Crippen molar-refractivity contribution in [1.29, 1.82) is 0 Å². The predicted molar refractivity (Wildman–Crippen MR) is 268 cm³/mol. The first-order valence-corrected chi connectivity index (χ1v) is 25.8. The molecule has 0 spiro atoms. The number of hydrogen-bond acceptors (Lipinski definition) is 26. The minimum atomic E-state index is -4.97. The van der Waals surface area contributed by atoms with Crippen molar-refractivity contribution >= 4 is 134 Å². The Bertz CT molecular complexity index is 4080. The van der Waals surface area contributed by atoms with Gasteiger partial charge in [0.05, 0.1) is 74.4 Å². The van der Waals surface area contributed by atoms with Crippen molar-refractivity contribution in [2.24, 2.45) is 30.7 Å². The van der Waals surface area contributed by atoms with E-state index in [1.165, 1.54) is 42.5 Å². The molecule has 0 fully saturated rings. The minimum absolute atomic E-state index is 0. The van der Waals surface area contributed by atoms with Gasteiger partial charge in [-0.15, -0.1) is 33.4 Å². The van der Waals surface area contributed by atoms with Gasteiger partial charge in [-0.25, -0.2) is 15.8 Å². The molecule has 26 nitrogen and oxygen atoms in total. The Balaban J connectivity index is 0.00000765. The Morgan fingerprint density at radius 2 is 1.17 bits per heavy atom. The predicted octanol–water partition coefficient (Wildman–Crippen LogP) is 12.9. The maximum atomic E-state index is 12.2. The van der Waals surface area contributed by atoms with Crippen LogP contribution in [-0.4, -0.2) is 66.9 Å². The molecule has 0 unspecified atom stereocenters. The summed E-state index contributed by atoms with van der Waals surface area (Å²) in [6.07, 6.45) is 0. The van der Waals surface area contributed by atoms with E-state index in [1.807, 2.05) is 6.92 Å². The van der Waals surface area contributed by atoms with Crippen LogP contribution < -0.4 is 0 Å². The normalized spacial score (nSPS) is 12.4. The maximum absolute atomic E-state index is 12.2. The van der Waals surface area contributed by atoms with Crippen molar-refractivity contribution < 1.29 is 97.1 Å². The van der Waals surface area contributed by atoms with Crippen molar-refractivity contribution in [3.8, 4) is 17.2 Å². The number of hydrogen-bond donors (Lipinski definition) is 7. The fourth-order valence-electron chi connectivity index (χ4n) is 7.49. The average molecular weight is 1180 g/mol. The summed E-state index contributed by atoms with van der Waals surface area (Å²) in [5.74, 6) is -0.746. The van der Waals surface area contributed by atoms with E-state index >= 15 is 0 Å². The van der Waals surface area contributed by atoms with Gasteiger partial charge in [0.25, 0.3) is 20.2 Å². The van der Waals surface area contributed by atoms with E-state index in [9.17, 15) is 36.2 Å². The Kier molecular flexibility index (Phi) is 17.1. The van der Waals surface area contributed by atoms with E-state index < -0.39 is 35.8 Å². The van der Waals surface area contributed by atoms with Crippen molar-refractivity contribution in [3.05, 3.63) is 120 Å². The largest absolute Gasteiger partial charge is 0.506 e. The van der Waals surface area contributed by atoms with Gasteiger partial charge in [0.15, 0.2) is 5.75 Å². The smallest absolute Gasteiger partial charge is 0.295 e. The van der Waals surface area contributed by atoms with Crippen LogP contribution >= 0.6 is 36.1 Å². The molecule has 7 N–H and O–H groups in total. The Hall–Kier alpha value is -6.63. The molecule has 0 aliphatic rings. The molecule has 9 rings (SSSR count). The zero-order valence-corrected chi connectivity index (χ0v) is 43.0. The first kappa shape index (κ1) is 55.6. The minimum Gasteiger partial charge on any atom is -0.506 e. The third kappa shape index (κ3) is 12.1. The number of phenols is 2. The molecule has 0 amide bonds. The van der Waals surface area contributed by atoms with Crippen molar-refractivity contribution in [3.63, 3.8) is 0 Å². The van der Waals surface area contributed by atoms with Crippen LogP contribution in [0.3, 0.4) is 0 Å². The van der Waals surface area contributed by atoms with Gasteiger partial charge in [-0.1, -0.05) is 27.2 Å². The number of phenolic OH excluding ortho intramolecular Hbond substituents is 2. The summed E-state index contributed by atoms with van der Waals surface area (Å²) in [5, 5.41) is 96.5. The quantitative estimate of drug-likeness (QED) is 0.0105. The summed E-state index contributed by atoms with van der Waals surface area (Å²) in [7, 11) is -9.90. The fourth-order valence-corrected chi connectivity index (χ4v) is 10.4. The van der Waals surface area contributed by atoms with E-state index in [0.717, 1.165) is 45.9 Å². The topological polar surface area (TPSA) is 370 Å². The molecular formula is C44H31CuN9O17S5. The van der Waals surface area contributed by atoms with Crippen LogP contribution in [0.25, 0.3) is 49.0 Å². The van der Waals surface area contributed by atoms with Crippen molar-refractivity contribution in [2.45, 2.75) is 38.3 Å². The maximum Gasteiger partial charge on any atom is 0.295 e. The monoisotopic (exact) mass is 1180 g/mol. The number of azo groups is 3. The second-order valence-corrected chi connectivity index (χ2v) is 20.6. The van der Waals surface area contributed by atoms with E-state index in [0.29, 0.717) is 72.7 Å². The zero-order valence-electron chi connectivity index (χ0n) is 38.0. The Labute approximate surface area is 449 Å². The summed E-state index contributed by atoms with van der Waals surface area (Å²) in [6.45, 7) is 3.52. The molecule has 0 saturated carbocycles. The van der Waals surface area contributed by atoms with Gasteiger partial charge in [0, 0.05) is 49.1 Å². The first-order chi connectivity index (χ1) is 35.9. The third-order valence-corrected chi connectivity index (χ3v) is 14.4. The van der Waals surface area contributed by atoms with Gasteiger partial charge in [0.2, 0.25) is 0 Å². The molecule has 9 aromatic rings. The summed E-state index contributed by atoms with van der Waals surface area (Å²) in [4.78, 5) is 0.700. The molecule has 32 heteroatoms. The molecule has 1 aromatic heterocycles. The van der Waals surface area contributed by atoms with Crippen molar-refractivity contribution in [1.82, 2.24) is 15.0 Å². The second kappa shape index (κ2) is 23.3. The van der Waals surface area contributed by atoms with Crippen LogP contribution in [0.1, 0.15) is 11.1 Å². The van der Waals surface area contributed by atoms with Crippen LogP contribution in [0.5, 0.6) is 11.5 Å². The molecule has 0 bridgehead atoms. The number of benzene rings is 8. The molecule has 76 heavy (non-hydrogen) atoms. The molecule has 0 atom stereocenters. The summed E-state index contributed by atoms with van der Waals surface area (Å²) in [5.41, 5.74) is 3.37. The van der Waals surface area contributed by atoms with Gasteiger partial charge in [-0.3, -0.25) is 9.11 Å². The summed E-state index contributed by atoms with van der Waals surface area (Å²) < 4.78 is 82.0. The standard InChI is InChI=1S/C44H31N9O17S5.Cu/c1-21-11-25(4-9-34(21)47-46-26-3-6-30-23(13-26)15-28(71-68-65-56)17-39(30)72-69-66-57)45-48-36-20-38(54)37(12-22(36)2)49-50-43-40(73-70-67-58)16-24-14-27(5-7-31(24)44(43)55)53-51-35-10-8-32-33(42(35)52-53)18-29(74(59,60)61)19-41(32)75(62,63)64;/h3-20,54-58H,1-2H3,(H,59,60,61)(H,62,63,64);. The van der Waals surface area contributed by atoms with Crippen LogP contribution in [0, 0.1) is 13.8 Å². The SMILES string of the molecule is Cc1cc(N=Nc2cc(O)c(N=Nc3c(SOOO)cc4cc(-n5nc6ccc7c(S(=O)(=O)O)cc(S(=O)(=O)O)cc7c6n5)ccc4c3O)cc2C)ccc1N=Nc1ccc2c(SOOO)cc(SOOO)cc2c1.[Cu]. The Morgan fingerprint density at radius 1 is 0.539 bits per heavy atom. The van der Waals surface area contributed by atoms with Gasteiger partial charge in [-0.05, 0) is 132 Å². The fraction of sp³-hybridized carbons (Fsp3) is 0.0455. The van der Waals surface area contributed by atoms with Crippen LogP contribution in [0.4, 0.5) is 34.1 Å².